The maximum atomic E-state index is 11.6. The van der Waals surface area contributed by atoms with E-state index in [0.29, 0.717) is 44.8 Å². The van der Waals surface area contributed by atoms with Crippen molar-refractivity contribution in [2.45, 2.75) is 26.2 Å². The van der Waals surface area contributed by atoms with Crippen LogP contribution < -0.4 is 86.2 Å². The first-order valence-corrected chi connectivity index (χ1v) is 38.0. The number of carbonyl (C=O) groups is 5. The molecule has 0 aromatic carbocycles. The summed E-state index contributed by atoms with van der Waals surface area (Å²) in [4.78, 5) is 109. The maximum Gasteiger partial charge on any atom is 0.370 e. The Labute approximate surface area is 752 Å². The Morgan fingerprint density at radius 1 is 0.285 bits per heavy atom. The number of halogens is 6. The fraction of sp³-hybridized carbons (Fsp3) is 0.0659. The summed E-state index contributed by atoms with van der Waals surface area (Å²) in [6, 6.07) is 47.1. The molecule has 0 radical (unpaired) electrons. The van der Waals surface area contributed by atoms with Crippen LogP contribution in [0.5, 0.6) is 0 Å². The van der Waals surface area contributed by atoms with Crippen LogP contribution in [-0.4, -0.2) is 128 Å². The predicted octanol–water partition coefficient (Wildman–Crippen LogP) is 2.78. The van der Waals surface area contributed by atoms with Gasteiger partial charge in [-0.25, -0.2) is 39.1 Å². The van der Waals surface area contributed by atoms with Crippen LogP contribution in [0.25, 0.3) is 182 Å². The van der Waals surface area contributed by atoms with Crippen LogP contribution in [0.2, 0.25) is 0 Å². The van der Waals surface area contributed by atoms with E-state index in [4.69, 9.17) is 26.4 Å². The topological polar surface area (TPSA) is 368 Å². The number of carboxylic acid groups (broad SMARTS) is 5. The fourth-order valence-corrected chi connectivity index (χ4v) is 14.5. The maximum absolute atomic E-state index is 11.6. The van der Waals surface area contributed by atoms with E-state index in [0.717, 1.165) is 134 Å². The number of fused-ring (bicyclic) bond motifs is 16. The highest BCUT2D eigenvalue weighted by molar-refractivity contribution is 9.09. The Morgan fingerprint density at radius 2 is 0.423 bits per heavy atom. The number of rotatable bonds is 17. The highest BCUT2D eigenvalue weighted by atomic mass is 79.9. The lowest BCUT2D eigenvalue weighted by molar-refractivity contribution is -0.685. The number of aromatic amines is 4. The molecule has 616 valence electrons. The van der Waals surface area contributed by atoms with Gasteiger partial charge in [0, 0.05) is 187 Å². The molecule has 14 aromatic rings. The molecule has 14 aromatic heterocycles. The summed E-state index contributed by atoms with van der Waals surface area (Å²) in [5, 5.41) is 45.6. The monoisotopic (exact) mass is 1960 g/mol. The van der Waals surface area contributed by atoms with Crippen molar-refractivity contribution in [3.63, 3.8) is 0 Å². The summed E-state index contributed by atoms with van der Waals surface area (Å²) in [5.41, 5.74) is 26.3. The smallest absolute Gasteiger partial charge is 0.370 e. The molecule has 16 bridgehead atoms. The molecule has 0 spiro atoms. The Balaban J connectivity index is 0.000000222. The van der Waals surface area contributed by atoms with Crippen LogP contribution in [-0.2, 0) is 50.2 Å². The zero-order chi connectivity index (χ0) is 83.3. The number of nitrogens with zero attached hydrogens (tertiary/aromatic N) is 12. The Morgan fingerprint density at radius 3 is 0.553 bits per heavy atom. The van der Waals surface area contributed by atoms with Crippen molar-refractivity contribution in [1.82, 2.24) is 59.8 Å². The number of H-pyrrole nitrogens is 4. The largest absolute Gasteiger partial charge is 1.00 e. The minimum Gasteiger partial charge on any atom is -1.00 e. The van der Waals surface area contributed by atoms with Crippen LogP contribution in [0.3, 0.4) is 0 Å². The van der Waals surface area contributed by atoms with Crippen molar-refractivity contribution in [3.05, 3.63) is 290 Å². The minimum absolute atomic E-state index is 0. The van der Waals surface area contributed by atoms with Gasteiger partial charge in [0.2, 0.25) is 26.2 Å². The van der Waals surface area contributed by atoms with Gasteiger partial charge in [-0.3, -0.25) is 29.1 Å². The Kier molecular flexibility index (Phi) is 29.4. The minimum atomic E-state index is -1.00. The molecule has 4 aliphatic heterocycles. The molecular formula is C91H70Br5FN16O10. The third-order valence-corrected chi connectivity index (χ3v) is 20.0. The number of aromatic nitrogens is 16. The molecule has 26 nitrogen and oxygen atoms in total. The van der Waals surface area contributed by atoms with E-state index < -0.39 is 37.0 Å². The normalized spacial score (nSPS) is 11.3. The van der Waals surface area contributed by atoms with E-state index >= 15 is 0 Å². The molecule has 0 saturated heterocycles. The molecule has 0 atom stereocenters. The standard InChI is InChI=1S/C48H34N8O8.C40H26N8.C2H3BrO2.CH3F.4BrH/c57-41(58)25-53-17-9-29(10-18-53)45-33-1-2-34(49-33)46(30-11-19-54(20-12-30)26-42(59)60)36-5-6-38(51-36)48(32-15-23-56(24-16-32)28-44(63)64)40-8-7-39(52-40)47(37-4-3-35(45)50-37)31-13-21-55(22-14-31)27-43(61)62;1-2-30-38(26-11-19-42-20-12-26)32-5-6-34(47-32)40(28-15-23-44-24-16-28)36-8-7-35(48-36)39(27-13-21-43-22-14-27)33-4-3-31(46-33)37(29(1)45-30)25-9-17-41-18-10-25;3-1-2(4)5;1-2;;;;/h1-24H,25-28H2,(H2-3,49,50,51,52,57,58,59,60,61,62,63,64);1-24,45,48H;1H2,(H,4,5);1H3;4*1H/i;;;1D;;;;. The van der Waals surface area contributed by atoms with Crippen molar-refractivity contribution in [3.8, 4) is 89.0 Å². The molecule has 9 N–H and O–H groups in total. The molecular weight excluding hydrogens is 1900 g/mol. The molecule has 18 rings (SSSR count). The van der Waals surface area contributed by atoms with Crippen LogP contribution >= 0.6 is 15.9 Å². The second-order valence-electron chi connectivity index (χ2n) is 27.1. The zero-order valence-corrected chi connectivity index (χ0v) is 72.3. The summed E-state index contributed by atoms with van der Waals surface area (Å²) >= 11 is 2.71. The number of hydrogen-bond acceptors (Lipinski definition) is 13. The molecule has 18 heterocycles. The van der Waals surface area contributed by atoms with E-state index in [1.165, 1.54) is 0 Å². The first-order chi connectivity index (χ1) is 58.4. The summed E-state index contributed by atoms with van der Waals surface area (Å²) in [6.07, 6.45) is 44.1. The van der Waals surface area contributed by atoms with Crippen molar-refractivity contribution < 1.29 is 141 Å². The van der Waals surface area contributed by atoms with Gasteiger partial charge in [-0.05, 0) is 190 Å². The molecule has 0 fully saturated rings. The summed E-state index contributed by atoms with van der Waals surface area (Å²) in [6.45, 7) is -0.866. The van der Waals surface area contributed by atoms with Gasteiger partial charge in [-0.1, -0.05) is 15.9 Å². The van der Waals surface area contributed by atoms with Crippen molar-refractivity contribution >= 4 is 139 Å². The fourth-order valence-electron chi connectivity index (χ4n) is 14.5. The van der Waals surface area contributed by atoms with Crippen LogP contribution in [0.1, 0.15) is 46.9 Å². The number of pyridine rings is 8. The van der Waals surface area contributed by atoms with E-state index in [9.17, 15) is 48.8 Å². The third kappa shape index (κ3) is 20.4. The number of aliphatic carboxylic acids is 5. The van der Waals surface area contributed by atoms with Crippen LogP contribution in [0.4, 0.5) is 4.39 Å². The number of carboxylic acids is 5. The predicted molar refractivity (Wildman–Crippen MR) is 452 cm³/mol. The van der Waals surface area contributed by atoms with Crippen LogP contribution in [0, 0.1) is 0 Å². The zero-order valence-electron chi connectivity index (χ0n) is 65.4. The average Bonchev–Trinajstić information content (AvgIpc) is 1.59. The second-order valence-corrected chi connectivity index (χ2v) is 27.6. The molecule has 0 saturated carbocycles. The molecule has 32 heteroatoms. The number of hydrogen-bond donors (Lipinski definition) is 9. The van der Waals surface area contributed by atoms with Gasteiger partial charge >= 0.3 is 29.8 Å². The quantitative estimate of drug-likeness (QED) is 0.0467. The van der Waals surface area contributed by atoms with E-state index in [1.807, 2.05) is 195 Å². The highest BCUT2D eigenvalue weighted by Gasteiger charge is 2.25. The lowest BCUT2D eigenvalue weighted by Gasteiger charge is -2.06. The second kappa shape index (κ2) is 40.9. The summed E-state index contributed by atoms with van der Waals surface area (Å²) < 4.78 is 21.8. The van der Waals surface area contributed by atoms with Gasteiger partial charge in [0.15, 0.2) is 49.6 Å². The first kappa shape index (κ1) is 88.4. The molecule has 4 aliphatic rings. The third-order valence-electron chi connectivity index (χ3n) is 19.5. The van der Waals surface area contributed by atoms with Gasteiger partial charge in [0.1, 0.15) is 5.33 Å². The molecule has 0 aliphatic carbocycles. The van der Waals surface area contributed by atoms with E-state index in [-0.39, 0.29) is 99.4 Å². The SMILES string of the molecule is C1=Cc2nc1c(-c1ccncc1)c1ccc([nH]1)c(-c1ccncc1)c1nc(c(-c3ccncc3)c3ccc([nH]3)c2-c2ccncc2)C=C1.O=C(O)CBr.O=C(O)C[n+]1ccc(-c2c3nc(c(-c4cc[n+](CC(=O)O)cc4)c4ccc([nH]4)c(-c4cc[n+](CC(=O)O)cc4)c4nc(c(-c5cc[n+](CC(=O)O)cc5)c5ccc2[nH]5)C=C4)C=C3)cc1.[2H]CF.[Br-].[Br-].[Br-].[Br-]. The van der Waals surface area contributed by atoms with E-state index in [2.05, 4.69) is 104 Å². The molecule has 0 unspecified atom stereocenters. The Bertz CT molecular complexity index is 6030. The number of alkyl halides is 2. The van der Waals surface area contributed by atoms with Crippen molar-refractivity contribution in [1.29, 1.82) is 0 Å². The summed E-state index contributed by atoms with van der Waals surface area (Å²) in [5.74, 6) is -4.73. The molecule has 123 heavy (non-hydrogen) atoms. The van der Waals surface area contributed by atoms with Gasteiger partial charge in [0.05, 0.1) is 54.1 Å². The van der Waals surface area contributed by atoms with E-state index in [1.54, 1.807) is 67.8 Å². The van der Waals surface area contributed by atoms with Gasteiger partial charge in [-0.15, -0.1) is 0 Å². The number of nitrogens with one attached hydrogen (secondary N) is 4. The lowest BCUT2D eigenvalue weighted by atomic mass is 10.0. The molecule has 0 amide bonds. The van der Waals surface area contributed by atoms with Crippen LogP contribution in [0.15, 0.2) is 245 Å². The van der Waals surface area contributed by atoms with Gasteiger partial charge in [0.25, 0.3) is 0 Å². The van der Waals surface area contributed by atoms with Gasteiger partial charge < -0.3 is 113 Å². The lowest BCUT2D eigenvalue weighted by Crippen LogP contribution is -3.00. The first-order valence-electron chi connectivity index (χ1n) is 37.6. The Hall–Kier alpha value is -13.9. The van der Waals surface area contributed by atoms with Crippen molar-refractivity contribution in [2.75, 3.05) is 12.5 Å². The van der Waals surface area contributed by atoms with Crippen molar-refractivity contribution in [2.24, 2.45) is 0 Å². The van der Waals surface area contributed by atoms with Gasteiger partial charge in [-0.2, -0.15) is 18.3 Å². The average molecular weight is 1970 g/mol. The highest BCUT2D eigenvalue weighted by Crippen LogP contribution is 2.42. The summed E-state index contributed by atoms with van der Waals surface area (Å²) in [7, 11) is -1.00.